The van der Waals surface area contributed by atoms with Crippen molar-refractivity contribution < 1.29 is 14.7 Å². The summed E-state index contributed by atoms with van der Waals surface area (Å²) in [6.07, 6.45) is 2.25. The minimum Gasteiger partial charge on any atom is -0.481 e. The molecule has 5 nitrogen and oxygen atoms in total. The molecular weight excluding hydrogens is 220 g/mol. The molecule has 4 N–H and O–H groups in total. The molecule has 0 radical (unpaired) electrons. The van der Waals surface area contributed by atoms with E-state index >= 15 is 0 Å². The molecule has 0 heterocycles. The van der Waals surface area contributed by atoms with Gasteiger partial charge < -0.3 is 16.2 Å². The zero-order chi connectivity index (χ0) is 13.0. The van der Waals surface area contributed by atoms with Gasteiger partial charge in [0.15, 0.2) is 0 Å². The van der Waals surface area contributed by atoms with Crippen LogP contribution in [0.2, 0.25) is 0 Å². The highest BCUT2D eigenvalue weighted by molar-refractivity contribution is 5.80. The summed E-state index contributed by atoms with van der Waals surface area (Å²) in [7, 11) is 0. The zero-order valence-electron chi connectivity index (χ0n) is 10.5. The van der Waals surface area contributed by atoms with Crippen molar-refractivity contribution >= 4 is 11.9 Å². The molecule has 0 aromatic rings. The number of carbonyl (C=O) groups is 2. The monoisotopic (exact) mass is 242 g/mol. The van der Waals surface area contributed by atoms with Crippen LogP contribution in [-0.2, 0) is 9.59 Å². The SMILES string of the molecule is CC(C)C(CN)C(=O)NC1CCCC1C(=O)O. The number of nitrogens with one attached hydrogen (secondary N) is 1. The lowest BCUT2D eigenvalue weighted by molar-refractivity contribution is -0.142. The molecule has 3 atom stereocenters. The molecule has 17 heavy (non-hydrogen) atoms. The first-order valence-electron chi connectivity index (χ1n) is 6.20. The first kappa shape index (κ1) is 14.0. The lowest BCUT2D eigenvalue weighted by Gasteiger charge is -2.23. The molecule has 0 aromatic heterocycles. The third-order valence-corrected chi connectivity index (χ3v) is 3.56. The van der Waals surface area contributed by atoms with Crippen LogP contribution >= 0.6 is 0 Å². The molecule has 0 aliphatic heterocycles. The predicted molar refractivity (Wildman–Crippen MR) is 64.3 cm³/mol. The molecule has 98 valence electrons. The van der Waals surface area contributed by atoms with Crippen LogP contribution in [0.1, 0.15) is 33.1 Å². The van der Waals surface area contributed by atoms with Gasteiger partial charge in [-0.05, 0) is 18.8 Å². The first-order valence-corrected chi connectivity index (χ1v) is 6.20. The number of carboxylic acid groups (broad SMARTS) is 1. The standard InChI is InChI=1S/C12H22N2O3/c1-7(2)9(6-13)11(15)14-10-5-3-4-8(10)12(16)17/h7-10H,3-6,13H2,1-2H3,(H,14,15)(H,16,17). The van der Waals surface area contributed by atoms with Gasteiger partial charge in [0.05, 0.1) is 11.8 Å². The van der Waals surface area contributed by atoms with Crippen molar-refractivity contribution in [2.75, 3.05) is 6.54 Å². The first-order chi connectivity index (χ1) is 7.97. The molecule has 1 saturated carbocycles. The van der Waals surface area contributed by atoms with Gasteiger partial charge in [0, 0.05) is 12.6 Å². The van der Waals surface area contributed by atoms with Crippen molar-refractivity contribution in [3.63, 3.8) is 0 Å². The van der Waals surface area contributed by atoms with E-state index in [1.807, 2.05) is 13.8 Å². The van der Waals surface area contributed by atoms with E-state index in [0.29, 0.717) is 13.0 Å². The van der Waals surface area contributed by atoms with E-state index in [9.17, 15) is 9.59 Å². The normalized spacial score (nSPS) is 25.9. The van der Waals surface area contributed by atoms with Crippen LogP contribution in [0, 0.1) is 17.8 Å². The van der Waals surface area contributed by atoms with E-state index in [4.69, 9.17) is 10.8 Å². The Hall–Kier alpha value is -1.10. The Labute approximate surface area is 102 Å². The van der Waals surface area contributed by atoms with Crippen molar-refractivity contribution in [1.29, 1.82) is 0 Å². The minimum absolute atomic E-state index is 0.111. The van der Waals surface area contributed by atoms with Crippen LogP contribution in [-0.4, -0.2) is 29.6 Å². The van der Waals surface area contributed by atoms with Crippen LogP contribution in [0.15, 0.2) is 0 Å². The van der Waals surface area contributed by atoms with E-state index in [1.54, 1.807) is 0 Å². The summed E-state index contributed by atoms with van der Waals surface area (Å²) >= 11 is 0. The van der Waals surface area contributed by atoms with Crippen LogP contribution in [0.5, 0.6) is 0 Å². The highest BCUT2D eigenvalue weighted by Crippen LogP contribution is 2.26. The largest absolute Gasteiger partial charge is 0.481 e. The Balaban J connectivity index is 2.58. The molecular formula is C12H22N2O3. The fourth-order valence-corrected chi connectivity index (χ4v) is 2.40. The molecule has 5 heteroatoms. The number of hydrogen-bond acceptors (Lipinski definition) is 3. The molecule has 0 aromatic carbocycles. The molecule has 1 aliphatic carbocycles. The molecule has 1 fully saturated rings. The van der Waals surface area contributed by atoms with Crippen LogP contribution in [0.3, 0.4) is 0 Å². The Kier molecular flexibility index (Phi) is 4.93. The average molecular weight is 242 g/mol. The fraction of sp³-hybridized carbons (Fsp3) is 0.833. The number of hydrogen-bond donors (Lipinski definition) is 3. The van der Waals surface area contributed by atoms with Crippen molar-refractivity contribution in [3.8, 4) is 0 Å². The highest BCUT2D eigenvalue weighted by Gasteiger charge is 2.35. The van der Waals surface area contributed by atoms with Gasteiger partial charge >= 0.3 is 5.97 Å². The topological polar surface area (TPSA) is 92.4 Å². The molecule has 1 amide bonds. The number of nitrogens with two attached hydrogens (primary N) is 1. The van der Waals surface area contributed by atoms with Crippen LogP contribution < -0.4 is 11.1 Å². The Bertz CT molecular complexity index is 291. The lowest BCUT2D eigenvalue weighted by Crippen LogP contribution is -2.46. The summed E-state index contributed by atoms with van der Waals surface area (Å²) in [6, 6.07) is -0.229. The summed E-state index contributed by atoms with van der Waals surface area (Å²) in [5.74, 6) is -1.43. The van der Waals surface area contributed by atoms with E-state index in [2.05, 4.69) is 5.32 Å². The summed E-state index contributed by atoms with van der Waals surface area (Å²) in [4.78, 5) is 22.9. The number of aliphatic carboxylic acids is 1. The van der Waals surface area contributed by atoms with E-state index in [1.165, 1.54) is 0 Å². The van der Waals surface area contributed by atoms with Gasteiger partial charge in [-0.2, -0.15) is 0 Å². The molecule has 1 rings (SSSR count). The smallest absolute Gasteiger partial charge is 0.308 e. The zero-order valence-corrected chi connectivity index (χ0v) is 10.5. The van der Waals surface area contributed by atoms with Gasteiger partial charge in [-0.1, -0.05) is 20.3 Å². The fourth-order valence-electron chi connectivity index (χ4n) is 2.40. The van der Waals surface area contributed by atoms with Gasteiger partial charge in [0.2, 0.25) is 5.91 Å². The number of carboxylic acids is 1. The van der Waals surface area contributed by atoms with E-state index in [0.717, 1.165) is 12.8 Å². The second kappa shape index (κ2) is 6.00. The number of amides is 1. The summed E-state index contributed by atoms with van der Waals surface area (Å²) in [6.45, 7) is 4.19. The second-order valence-electron chi connectivity index (χ2n) is 5.08. The third-order valence-electron chi connectivity index (χ3n) is 3.56. The highest BCUT2D eigenvalue weighted by atomic mass is 16.4. The van der Waals surface area contributed by atoms with Crippen molar-refractivity contribution in [1.82, 2.24) is 5.32 Å². The third kappa shape index (κ3) is 3.43. The van der Waals surface area contributed by atoms with Crippen molar-refractivity contribution in [2.24, 2.45) is 23.5 Å². The van der Waals surface area contributed by atoms with Crippen molar-refractivity contribution in [2.45, 2.75) is 39.2 Å². The van der Waals surface area contributed by atoms with Gasteiger partial charge in [0.25, 0.3) is 0 Å². The molecule has 0 spiro atoms. The quantitative estimate of drug-likeness (QED) is 0.657. The van der Waals surface area contributed by atoms with E-state index in [-0.39, 0.29) is 23.8 Å². The number of rotatable bonds is 5. The Morgan fingerprint density at radius 1 is 1.41 bits per heavy atom. The van der Waals surface area contributed by atoms with Crippen LogP contribution in [0.25, 0.3) is 0 Å². The predicted octanol–water partition coefficient (Wildman–Crippen LogP) is 0.587. The second-order valence-corrected chi connectivity index (χ2v) is 5.08. The lowest BCUT2D eigenvalue weighted by atomic mass is 9.94. The summed E-state index contributed by atoms with van der Waals surface area (Å²) in [5, 5.41) is 11.9. The van der Waals surface area contributed by atoms with Gasteiger partial charge in [-0.15, -0.1) is 0 Å². The van der Waals surface area contributed by atoms with E-state index < -0.39 is 11.9 Å². The molecule has 3 unspecified atom stereocenters. The molecule has 0 saturated heterocycles. The average Bonchev–Trinajstić information content (AvgIpc) is 2.66. The van der Waals surface area contributed by atoms with Gasteiger partial charge in [0.1, 0.15) is 0 Å². The minimum atomic E-state index is -0.818. The molecule has 0 bridgehead atoms. The molecule has 1 aliphatic rings. The Morgan fingerprint density at radius 3 is 2.53 bits per heavy atom. The van der Waals surface area contributed by atoms with Crippen LogP contribution in [0.4, 0.5) is 0 Å². The summed E-state index contributed by atoms with van der Waals surface area (Å²) < 4.78 is 0. The summed E-state index contributed by atoms with van der Waals surface area (Å²) in [5.41, 5.74) is 5.57. The maximum absolute atomic E-state index is 12.0. The number of carbonyl (C=O) groups excluding carboxylic acids is 1. The maximum atomic E-state index is 12.0. The Morgan fingerprint density at radius 2 is 2.06 bits per heavy atom. The van der Waals surface area contributed by atoms with Crippen molar-refractivity contribution in [3.05, 3.63) is 0 Å². The maximum Gasteiger partial charge on any atom is 0.308 e. The van der Waals surface area contributed by atoms with Gasteiger partial charge in [-0.25, -0.2) is 0 Å². The van der Waals surface area contributed by atoms with Gasteiger partial charge in [-0.3, -0.25) is 9.59 Å².